The first-order valence-corrected chi connectivity index (χ1v) is 8.03. The summed E-state index contributed by atoms with van der Waals surface area (Å²) in [5.74, 6) is -0.613. The zero-order valence-electron chi connectivity index (χ0n) is 11.6. The van der Waals surface area contributed by atoms with Crippen molar-refractivity contribution in [2.24, 2.45) is 0 Å². The highest BCUT2D eigenvalue weighted by molar-refractivity contribution is 8.00. The van der Waals surface area contributed by atoms with Crippen LogP contribution in [0.25, 0.3) is 0 Å². The van der Waals surface area contributed by atoms with Gasteiger partial charge in [0.1, 0.15) is 11.2 Å². The Labute approximate surface area is 140 Å². The summed E-state index contributed by atoms with van der Waals surface area (Å²) in [5, 5.41) is 10.5. The van der Waals surface area contributed by atoms with Gasteiger partial charge < -0.3 is 0 Å². The number of carbonyl (C=O) groups is 1. The van der Waals surface area contributed by atoms with E-state index < -0.39 is 16.1 Å². The van der Waals surface area contributed by atoms with Crippen LogP contribution in [0.3, 0.4) is 0 Å². The zero-order chi connectivity index (χ0) is 16.6. The number of halogens is 2. The number of non-ortho nitro benzene ring substituents is 1. The number of anilines is 1. The van der Waals surface area contributed by atoms with Crippen molar-refractivity contribution < 1.29 is 14.1 Å². The quantitative estimate of drug-likeness (QED) is 0.614. The van der Waals surface area contributed by atoms with E-state index in [0.29, 0.717) is 5.69 Å². The van der Waals surface area contributed by atoms with Crippen LogP contribution < -0.4 is 4.90 Å². The molecule has 0 bridgehead atoms. The van der Waals surface area contributed by atoms with Crippen molar-refractivity contribution in [3.05, 3.63) is 69.0 Å². The number of carbonyl (C=O) groups excluding carboxylic acids is 1. The third kappa shape index (κ3) is 2.89. The van der Waals surface area contributed by atoms with Crippen LogP contribution in [0.4, 0.5) is 15.8 Å². The topological polar surface area (TPSA) is 63.5 Å². The van der Waals surface area contributed by atoms with Crippen LogP contribution in [0.15, 0.2) is 42.5 Å². The maximum atomic E-state index is 14.2. The highest BCUT2D eigenvalue weighted by Crippen LogP contribution is 2.45. The molecule has 1 unspecified atom stereocenters. The molecule has 1 aliphatic heterocycles. The lowest BCUT2D eigenvalue weighted by Gasteiger charge is -2.25. The van der Waals surface area contributed by atoms with E-state index in [9.17, 15) is 19.3 Å². The molecule has 0 spiro atoms. The monoisotopic (exact) mass is 352 g/mol. The van der Waals surface area contributed by atoms with Gasteiger partial charge in [-0.2, -0.15) is 0 Å². The van der Waals surface area contributed by atoms with E-state index in [1.807, 2.05) is 0 Å². The number of nitrogens with zero attached hydrogens (tertiary/aromatic N) is 2. The first kappa shape index (κ1) is 15.8. The number of benzene rings is 2. The van der Waals surface area contributed by atoms with Gasteiger partial charge in [-0.05, 0) is 18.2 Å². The second kappa shape index (κ2) is 6.17. The third-order valence-corrected chi connectivity index (χ3v) is 4.94. The molecule has 2 aromatic rings. The molecule has 0 N–H and O–H groups in total. The zero-order valence-corrected chi connectivity index (χ0v) is 13.2. The average Bonchev–Trinajstić information content (AvgIpc) is 2.89. The fourth-order valence-corrected chi connectivity index (χ4v) is 3.99. The van der Waals surface area contributed by atoms with Crippen molar-refractivity contribution in [1.82, 2.24) is 0 Å². The van der Waals surface area contributed by atoms with Gasteiger partial charge in [0.05, 0.1) is 16.4 Å². The van der Waals surface area contributed by atoms with Gasteiger partial charge in [0.25, 0.3) is 5.69 Å². The maximum Gasteiger partial charge on any atom is 0.271 e. The highest BCUT2D eigenvalue weighted by atomic mass is 35.5. The Morgan fingerprint density at radius 2 is 2.04 bits per heavy atom. The van der Waals surface area contributed by atoms with Crippen LogP contribution in [-0.4, -0.2) is 16.6 Å². The molecule has 1 fully saturated rings. The summed E-state index contributed by atoms with van der Waals surface area (Å²) in [5.41, 5.74) is 0.417. The Morgan fingerprint density at radius 3 is 2.74 bits per heavy atom. The van der Waals surface area contributed by atoms with Gasteiger partial charge in [0.15, 0.2) is 0 Å². The van der Waals surface area contributed by atoms with Gasteiger partial charge in [-0.15, -0.1) is 11.8 Å². The minimum Gasteiger partial charge on any atom is -0.295 e. The minimum atomic E-state index is -0.654. The second-order valence-corrected chi connectivity index (χ2v) is 6.32. The number of nitro benzene ring substituents is 1. The Kier molecular flexibility index (Phi) is 4.23. The molecule has 0 saturated carbocycles. The van der Waals surface area contributed by atoms with Gasteiger partial charge in [-0.25, -0.2) is 4.39 Å². The van der Waals surface area contributed by atoms with Crippen molar-refractivity contribution in [2.75, 3.05) is 10.7 Å². The van der Waals surface area contributed by atoms with Crippen molar-refractivity contribution in [2.45, 2.75) is 5.37 Å². The molecule has 118 valence electrons. The standard InChI is InChI=1S/C15H10ClFN2O3S/c16-11-5-2-6-12(17)14(11)15-18(13(20)8-23-15)9-3-1-4-10(7-9)19(21)22/h1-7,15H,8H2. The summed E-state index contributed by atoms with van der Waals surface area (Å²) in [7, 11) is 0. The van der Waals surface area contributed by atoms with Gasteiger partial charge in [0, 0.05) is 22.7 Å². The summed E-state index contributed by atoms with van der Waals surface area (Å²) in [6.45, 7) is 0. The molecule has 0 aromatic heterocycles. The lowest BCUT2D eigenvalue weighted by atomic mass is 10.1. The number of thioether (sulfide) groups is 1. The fraction of sp³-hybridized carbons (Fsp3) is 0.133. The largest absolute Gasteiger partial charge is 0.295 e. The Hall–Kier alpha value is -2.12. The number of rotatable bonds is 3. The predicted octanol–water partition coefficient (Wildman–Crippen LogP) is 4.17. The van der Waals surface area contributed by atoms with Crippen LogP contribution in [-0.2, 0) is 4.79 Å². The number of hydrogen-bond acceptors (Lipinski definition) is 4. The van der Waals surface area contributed by atoms with Crippen LogP contribution in [0.2, 0.25) is 5.02 Å². The first-order chi connectivity index (χ1) is 11.0. The van der Waals surface area contributed by atoms with Crippen LogP contribution in [0.1, 0.15) is 10.9 Å². The normalized spacial score (nSPS) is 17.6. The summed E-state index contributed by atoms with van der Waals surface area (Å²) < 4.78 is 14.2. The molecule has 0 aliphatic carbocycles. The number of nitro groups is 1. The van der Waals surface area contributed by atoms with Crippen molar-refractivity contribution in [3.8, 4) is 0 Å². The molecule has 1 atom stereocenters. The Morgan fingerprint density at radius 1 is 1.30 bits per heavy atom. The van der Waals surface area contributed by atoms with Gasteiger partial charge >= 0.3 is 0 Å². The van der Waals surface area contributed by atoms with E-state index in [0.717, 1.165) is 0 Å². The Bertz CT molecular complexity index is 782. The third-order valence-electron chi connectivity index (χ3n) is 3.43. The van der Waals surface area contributed by atoms with E-state index in [4.69, 9.17) is 11.6 Å². The molecule has 1 heterocycles. The molecule has 3 rings (SSSR count). The van der Waals surface area contributed by atoms with Crippen molar-refractivity contribution in [1.29, 1.82) is 0 Å². The van der Waals surface area contributed by atoms with Crippen molar-refractivity contribution >= 4 is 40.6 Å². The van der Waals surface area contributed by atoms with E-state index in [1.54, 1.807) is 12.1 Å². The first-order valence-electron chi connectivity index (χ1n) is 6.61. The van der Waals surface area contributed by atoms with Gasteiger partial charge in [0.2, 0.25) is 5.91 Å². The van der Waals surface area contributed by atoms with E-state index in [-0.39, 0.29) is 27.9 Å². The smallest absolute Gasteiger partial charge is 0.271 e. The van der Waals surface area contributed by atoms with Crippen molar-refractivity contribution in [3.63, 3.8) is 0 Å². The van der Waals surface area contributed by atoms with E-state index >= 15 is 0 Å². The van der Waals surface area contributed by atoms with Crippen LogP contribution in [0, 0.1) is 15.9 Å². The maximum absolute atomic E-state index is 14.2. The SMILES string of the molecule is O=C1CSC(c2c(F)cccc2Cl)N1c1cccc([N+](=O)[O-])c1. The minimum absolute atomic E-state index is 0.134. The molecule has 0 radical (unpaired) electrons. The Balaban J connectivity index is 2.07. The predicted molar refractivity (Wildman–Crippen MR) is 87.2 cm³/mol. The number of amides is 1. The molecule has 8 heteroatoms. The second-order valence-electron chi connectivity index (χ2n) is 4.84. The molecule has 1 aliphatic rings. The molecular weight excluding hydrogens is 343 g/mol. The molecule has 1 saturated heterocycles. The number of hydrogen-bond donors (Lipinski definition) is 0. The van der Waals surface area contributed by atoms with Gasteiger partial charge in [-0.1, -0.05) is 23.7 Å². The lowest BCUT2D eigenvalue weighted by Crippen LogP contribution is -2.28. The molecule has 23 heavy (non-hydrogen) atoms. The van der Waals surface area contributed by atoms with E-state index in [1.165, 1.54) is 47.0 Å². The van der Waals surface area contributed by atoms with Crippen LogP contribution >= 0.6 is 23.4 Å². The molecule has 1 amide bonds. The average molecular weight is 353 g/mol. The summed E-state index contributed by atoms with van der Waals surface area (Å²) in [6.07, 6.45) is 0. The van der Waals surface area contributed by atoms with Crippen LogP contribution in [0.5, 0.6) is 0 Å². The fourth-order valence-electron chi connectivity index (χ4n) is 2.42. The lowest BCUT2D eigenvalue weighted by molar-refractivity contribution is -0.384. The van der Waals surface area contributed by atoms with E-state index in [2.05, 4.69) is 0 Å². The summed E-state index contributed by atoms with van der Waals surface area (Å²) >= 11 is 7.32. The molecule has 5 nitrogen and oxygen atoms in total. The summed E-state index contributed by atoms with van der Waals surface area (Å²) in [4.78, 5) is 24.0. The molecule has 2 aromatic carbocycles. The van der Waals surface area contributed by atoms with Gasteiger partial charge in [-0.3, -0.25) is 19.8 Å². The highest BCUT2D eigenvalue weighted by Gasteiger charge is 2.37. The summed E-state index contributed by atoms with van der Waals surface area (Å²) in [6, 6.07) is 10.0. The molecular formula is C15H10ClFN2O3S.